The molecule has 0 aliphatic carbocycles. The van der Waals surface area contributed by atoms with Crippen molar-refractivity contribution in [3.8, 4) is 22.5 Å². The van der Waals surface area contributed by atoms with E-state index >= 15 is 0 Å². The monoisotopic (exact) mass is 331 g/mol. The van der Waals surface area contributed by atoms with Gasteiger partial charge >= 0.3 is 0 Å². The van der Waals surface area contributed by atoms with Gasteiger partial charge in [-0.2, -0.15) is 0 Å². The summed E-state index contributed by atoms with van der Waals surface area (Å²) in [6.07, 6.45) is 1.16. The molecule has 118 valence electrons. The maximum absolute atomic E-state index is 13.1. The molecule has 0 spiro atoms. The summed E-state index contributed by atoms with van der Waals surface area (Å²) in [5.41, 5.74) is 2.93. The minimum absolute atomic E-state index is 0.249. The van der Waals surface area contributed by atoms with Gasteiger partial charge in [-0.1, -0.05) is 17.3 Å². The molecule has 0 bridgehead atoms. The highest BCUT2D eigenvalue weighted by Crippen LogP contribution is 2.35. The number of nitrogens with zero attached hydrogens (tertiary/aromatic N) is 1. The fourth-order valence-corrected chi connectivity index (χ4v) is 3.01. The number of aromatic nitrogens is 1. The molecule has 2 aromatic carbocycles. The van der Waals surface area contributed by atoms with Crippen molar-refractivity contribution in [2.24, 2.45) is 0 Å². The highest BCUT2D eigenvalue weighted by Gasteiger charge is 2.17. The quantitative estimate of drug-likeness (QED) is 0.731. The number of halogens is 1. The minimum atomic E-state index is -3.25. The van der Waals surface area contributed by atoms with E-state index < -0.39 is 9.84 Å². The van der Waals surface area contributed by atoms with Crippen LogP contribution in [0.15, 0.2) is 57.9 Å². The molecule has 1 aromatic heterocycles. The van der Waals surface area contributed by atoms with Gasteiger partial charge in [0.2, 0.25) is 0 Å². The van der Waals surface area contributed by atoms with Crippen molar-refractivity contribution in [2.75, 3.05) is 6.26 Å². The third kappa shape index (κ3) is 3.03. The molecule has 3 rings (SSSR count). The van der Waals surface area contributed by atoms with E-state index in [0.717, 1.165) is 17.4 Å². The lowest BCUT2D eigenvalue weighted by Gasteiger charge is -2.05. The lowest BCUT2D eigenvalue weighted by Crippen LogP contribution is -1.96. The molecule has 0 aliphatic heterocycles. The molecular weight excluding hydrogens is 317 g/mol. The Labute approximate surface area is 133 Å². The maximum Gasteiger partial charge on any atom is 0.175 e. The Balaban J connectivity index is 2.10. The second-order valence-electron chi connectivity index (χ2n) is 5.28. The van der Waals surface area contributed by atoms with Crippen molar-refractivity contribution in [3.05, 3.63) is 60.0 Å². The summed E-state index contributed by atoms with van der Waals surface area (Å²) in [4.78, 5) is 0.249. The number of rotatable bonds is 3. The topological polar surface area (TPSA) is 60.2 Å². The molecular formula is C17H14FNO3S. The first-order chi connectivity index (χ1) is 10.9. The van der Waals surface area contributed by atoms with Crippen LogP contribution < -0.4 is 0 Å². The summed E-state index contributed by atoms with van der Waals surface area (Å²) in [6, 6.07) is 12.4. The fraction of sp³-hybridized carbons (Fsp3) is 0.118. The van der Waals surface area contributed by atoms with E-state index in [0.29, 0.717) is 17.0 Å². The second kappa shape index (κ2) is 5.62. The van der Waals surface area contributed by atoms with E-state index in [-0.39, 0.29) is 10.7 Å². The molecule has 4 nitrogen and oxygen atoms in total. The summed E-state index contributed by atoms with van der Waals surface area (Å²) >= 11 is 0. The van der Waals surface area contributed by atoms with Crippen LogP contribution in [-0.2, 0) is 9.84 Å². The normalized spacial score (nSPS) is 11.6. The van der Waals surface area contributed by atoms with Crippen LogP contribution in [0, 0.1) is 12.7 Å². The smallest absolute Gasteiger partial charge is 0.175 e. The summed E-state index contributed by atoms with van der Waals surface area (Å²) in [7, 11) is -3.25. The number of aryl methyl sites for hydroxylation is 1. The molecule has 6 heteroatoms. The average Bonchev–Trinajstić information content (AvgIpc) is 2.89. The lowest BCUT2D eigenvalue weighted by molar-refractivity contribution is 0.427. The molecule has 23 heavy (non-hydrogen) atoms. The van der Waals surface area contributed by atoms with Crippen molar-refractivity contribution in [2.45, 2.75) is 11.8 Å². The zero-order valence-corrected chi connectivity index (χ0v) is 13.4. The SMILES string of the molecule is Cc1noc(-c2ccc(F)cc2)c1-c1ccc(S(C)(=O)=O)cc1. The van der Waals surface area contributed by atoms with Crippen LogP contribution in [0.25, 0.3) is 22.5 Å². The minimum Gasteiger partial charge on any atom is -0.355 e. The van der Waals surface area contributed by atoms with Crippen molar-refractivity contribution in [1.82, 2.24) is 5.16 Å². The second-order valence-corrected chi connectivity index (χ2v) is 7.29. The van der Waals surface area contributed by atoms with Crippen LogP contribution in [0.2, 0.25) is 0 Å². The van der Waals surface area contributed by atoms with Crippen LogP contribution in [-0.4, -0.2) is 19.8 Å². The van der Waals surface area contributed by atoms with Crippen molar-refractivity contribution in [1.29, 1.82) is 0 Å². The zero-order valence-electron chi connectivity index (χ0n) is 12.6. The largest absolute Gasteiger partial charge is 0.355 e. The maximum atomic E-state index is 13.1. The van der Waals surface area contributed by atoms with Gasteiger partial charge in [0, 0.05) is 11.8 Å². The number of benzene rings is 2. The van der Waals surface area contributed by atoms with Gasteiger partial charge < -0.3 is 4.52 Å². The van der Waals surface area contributed by atoms with Crippen LogP contribution in [0.4, 0.5) is 4.39 Å². The van der Waals surface area contributed by atoms with Gasteiger partial charge in [0.1, 0.15) is 5.82 Å². The predicted molar refractivity (Wildman–Crippen MR) is 85.2 cm³/mol. The number of hydrogen-bond donors (Lipinski definition) is 0. The summed E-state index contributed by atoms with van der Waals surface area (Å²) < 4.78 is 41.6. The van der Waals surface area contributed by atoms with Crippen LogP contribution in [0.3, 0.4) is 0 Å². The molecule has 0 amide bonds. The Morgan fingerprint density at radius 2 is 1.52 bits per heavy atom. The van der Waals surface area contributed by atoms with Gasteiger partial charge in [-0.15, -0.1) is 0 Å². The Kier molecular flexibility index (Phi) is 3.77. The molecule has 0 saturated carbocycles. The molecule has 0 fully saturated rings. The number of hydrogen-bond acceptors (Lipinski definition) is 4. The van der Waals surface area contributed by atoms with E-state index in [1.165, 1.54) is 12.1 Å². The van der Waals surface area contributed by atoms with Gasteiger partial charge in [0.15, 0.2) is 15.6 Å². The van der Waals surface area contributed by atoms with E-state index in [9.17, 15) is 12.8 Å². The Morgan fingerprint density at radius 3 is 2.09 bits per heavy atom. The average molecular weight is 331 g/mol. The molecule has 1 heterocycles. The van der Waals surface area contributed by atoms with Crippen molar-refractivity contribution >= 4 is 9.84 Å². The molecule has 0 radical (unpaired) electrons. The molecule has 0 unspecified atom stereocenters. The predicted octanol–water partition coefficient (Wildman–Crippen LogP) is 3.86. The van der Waals surface area contributed by atoms with Gasteiger partial charge in [-0.3, -0.25) is 0 Å². The zero-order chi connectivity index (χ0) is 16.6. The third-order valence-electron chi connectivity index (χ3n) is 3.54. The van der Waals surface area contributed by atoms with Crippen LogP contribution in [0.1, 0.15) is 5.69 Å². The third-order valence-corrected chi connectivity index (χ3v) is 4.67. The first kappa shape index (κ1) is 15.4. The highest BCUT2D eigenvalue weighted by molar-refractivity contribution is 7.90. The highest BCUT2D eigenvalue weighted by atomic mass is 32.2. The summed E-state index contributed by atoms with van der Waals surface area (Å²) in [5.74, 6) is 0.193. The van der Waals surface area contributed by atoms with Crippen molar-refractivity contribution in [3.63, 3.8) is 0 Å². The lowest BCUT2D eigenvalue weighted by atomic mass is 10.00. The standard InChI is InChI=1S/C17H14FNO3S/c1-11-16(12-5-9-15(10-6-12)23(2,20)21)17(22-19-11)13-3-7-14(18)8-4-13/h3-10H,1-2H3. The van der Waals surface area contributed by atoms with E-state index in [2.05, 4.69) is 5.16 Å². The first-order valence-electron chi connectivity index (χ1n) is 6.89. The fourth-order valence-electron chi connectivity index (χ4n) is 2.38. The van der Waals surface area contributed by atoms with E-state index in [4.69, 9.17) is 4.52 Å². The van der Waals surface area contributed by atoms with Gasteiger partial charge in [-0.05, 0) is 48.9 Å². The van der Waals surface area contributed by atoms with Gasteiger partial charge in [0.05, 0.1) is 16.2 Å². The summed E-state index contributed by atoms with van der Waals surface area (Å²) in [6.45, 7) is 1.80. The van der Waals surface area contributed by atoms with Crippen LogP contribution in [0.5, 0.6) is 0 Å². The van der Waals surface area contributed by atoms with E-state index in [1.54, 1.807) is 43.3 Å². The Hall–Kier alpha value is -2.47. The van der Waals surface area contributed by atoms with Gasteiger partial charge in [-0.25, -0.2) is 12.8 Å². The molecule has 0 atom stereocenters. The molecule has 0 saturated heterocycles. The number of sulfone groups is 1. The van der Waals surface area contributed by atoms with Crippen LogP contribution >= 0.6 is 0 Å². The Morgan fingerprint density at radius 1 is 0.957 bits per heavy atom. The summed E-state index contributed by atoms with van der Waals surface area (Å²) in [5, 5.41) is 3.98. The molecule has 3 aromatic rings. The van der Waals surface area contributed by atoms with Crippen molar-refractivity contribution < 1.29 is 17.3 Å². The molecule has 0 aliphatic rings. The molecule has 0 N–H and O–H groups in total. The van der Waals surface area contributed by atoms with E-state index in [1.807, 2.05) is 0 Å². The van der Waals surface area contributed by atoms with Gasteiger partial charge in [0.25, 0.3) is 0 Å². The Bertz CT molecular complexity index is 943. The first-order valence-corrected chi connectivity index (χ1v) is 8.78.